The van der Waals surface area contributed by atoms with Gasteiger partial charge in [0.2, 0.25) is 0 Å². The van der Waals surface area contributed by atoms with Crippen LogP contribution < -0.4 is 4.72 Å². The van der Waals surface area contributed by atoms with E-state index in [2.05, 4.69) is 29.0 Å². The van der Waals surface area contributed by atoms with E-state index in [1.54, 1.807) is 11.8 Å². The van der Waals surface area contributed by atoms with Gasteiger partial charge in [-0.3, -0.25) is 4.79 Å². The first-order valence-corrected chi connectivity index (χ1v) is 15.9. The zero-order valence-electron chi connectivity index (χ0n) is 25.5. The number of piperidine rings is 1. The van der Waals surface area contributed by atoms with Crippen LogP contribution in [0.2, 0.25) is 0 Å². The maximum atomic E-state index is 13.5. The topological polar surface area (TPSA) is 100 Å². The molecule has 3 atom stereocenters. The summed E-state index contributed by atoms with van der Waals surface area (Å²) in [6.07, 6.45) is 4.69. The van der Waals surface area contributed by atoms with E-state index in [1.165, 1.54) is 5.56 Å². The highest BCUT2D eigenvalue weighted by Gasteiger charge is 2.53. The van der Waals surface area contributed by atoms with Crippen molar-refractivity contribution in [1.82, 2.24) is 9.62 Å². The quantitative estimate of drug-likeness (QED) is 0.289. The minimum Gasteiger partial charge on any atom is -0.598 e. The van der Waals surface area contributed by atoms with Gasteiger partial charge in [0.05, 0.1) is 37.3 Å². The van der Waals surface area contributed by atoms with Crippen molar-refractivity contribution in [1.29, 1.82) is 0 Å². The van der Waals surface area contributed by atoms with Crippen molar-refractivity contribution < 1.29 is 28.4 Å². The lowest BCUT2D eigenvalue weighted by atomic mass is 9.79. The third-order valence-electron chi connectivity index (χ3n) is 7.72. The fourth-order valence-electron chi connectivity index (χ4n) is 5.66. The predicted octanol–water partition coefficient (Wildman–Crippen LogP) is 5.87. The molecule has 0 bridgehead atoms. The lowest BCUT2D eigenvalue weighted by Crippen LogP contribution is -2.69. The lowest BCUT2D eigenvalue weighted by molar-refractivity contribution is -0.147. The Morgan fingerprint density at radius 2 is 1.73 bits per heavy atom. The Hall–Kier alpha value is -1.81. The first-order valence-electron chi connectivity index (χ1n) is 14.8. The van der Waals surface area contributed by atoms with Crippen molar-refractivity contribution in [2.24, 2.45) is 0 Å². The Bertz CT molecular complexity index is 955. The molecule has 3 rings (SSSR count). The van der Waals surface area contributed by atoms with E-state index in [0.717, 1.165) is 25.7 Å². The molecule has 226 valence electrons. The molecule has 1 aromatic carbocycles. The van der Waals surface area contributed by atoms with Gasteiger partial charge in [-0.2, -0.15) is 0 Å². The molecule has 0 aromatic heterocycles. The van der Waals surface area contributed by atoms with Gasteiger partial charge in [0.25, 0.3) is 0 Å². The highest BCUT2D eigenvalue weighted by molar-refractivity contribution is 7.90. The number of benzene rings is 1. The van der Waals surface area contributed by atoms with Crippen molar-refractivity contribution in [3.8, 4) is 0 Å². The van der Waals surface area contributed by atoms with E-state index in [1.807, 2.05) is 47.6 Å². The highest BCUT2D eigenvalue weighted by Crippen LogP contribution is 2.37. The molecule has 2 fully saturated rings. The van der Waals surface area contributed by atoms with Crippen LogP contribution in [0.25, 0.3) is 0 Å². The van der Waals surface area contributed by atoms with Crippen LogP contribution in [-0.4, -0.2) is 69.3 Å². The Morgan fingerprint density at radius 3 is 2.30 bits per heavy atom. The normalized spacial score (nSPS) is 26.7. The van der Waals surface area contributed by atoms with Crippen molar-refractivity contribution in [2.75, 3.05) is 19.8 Å². The summed E-state index contributed by atoms with van der Waals surface area (Å²) in [5.41, 5.74) is -0.297. The SMILES string of the molecule is CCOC(=O)CC1(N[S@+]([O-])C(C)(C)C)CCCN(C(=O)OC(C)(C)C)C1CO[C@H]1CC[C@@H](c2ccccc2)CC1. The second-order valence-electron chi connectivity index (χ2n) is 13.1. The van der Waals surface area contributed by atoms with Crippen LogP contribution >= 0.6 is 0 Å². The Balaban J connectivity index is 1.85. The Kier molecular flexibility index (Phi) is 11.4. The van der Waals surface area contributed by atoms with Crippen LogP contribution in [0.4, 0.5) is 4.79 Å². The number of hydrogen-bond donors (Lipinski definition) is 1. The van der Waals surface area contributed by atoms with E-state index in [4.69, 9.17) is 14.2 Å². The van der Waals surface area contributed by atoms with Crippen molar-refractivity contribution in [2.45, 2.75) is 127 Å². The maximum absolute atomic E-state index is 13.5. The molecule has 1 aromatic rings. The van der Waals surface area contributed by atoms with Crippen molar-refractivity contribution in [3.05, 3.63) is 35.9 Å². The van der Waals surface area contributed by atoms with E-state index in [0.29, 0.717) is 25.3 Å². The molecule has 1 aliphatic heterocycles. The van der Waals surface area contributed by atoms with Crippen molar-refractivity contribution >= 4 is 23.4 Å². The summed E-state index contributed by atoms with van der Waals surface area (Å²) in [5, 5.41) is 0. The van der Waals surface area contributed by atoms with Crippen LogP contribution in [0.15, 0.2) is 30.3 Å². The number of ether oxygens (including phenoxy) is 3. The molecule has 8 nitrogen and oxygen atoms in total. The number of rotatable bonds is 9. The zero-order chi connectivity index (χ0) is 29.6. The summed E-state index contributed by atoms with van der Waals surface area (Å²) in [7, 11) is 0. The summed E-state index contributed by atoms with van der Waals surface area (Å²) >= 11 is -1.49. The molecule has 0 radical (unpaired) electrons. The van der Waals surface area contributed by atoms with E-state index in [9.17, 15) is 14.1 Å². The van der Waals surface area contributed by atoms with Crippen molar-refractivity contribution in [3.63, 3.8) is 0 Å². The van der Waals surface area contributed by atoms with E-state index >= 15 is 0 Å². The zero-order valence-corrected chi connectivity index (χ0v) is 26.3. The Labute approximate surface area is 244 Å². The highest BCUT2D eigenvalue weighted by atomic mass is 32.2. The summed E-state index contributed by atoms with van der Waals surface area (Å²) in [4.78, 5) is 28.1. The summed E-state index contributed by atoms with van der Waals surface area (Å²) in [5.74, 6) is 0.132. The van der Waals surface area contributed by atoms with Crippen LogP contribution in [-0.2, 0) is 30.4 Å². The van der Waals surface area contributed by atoms with Gasteiger partial charge in [0.1, 0.15) is 10.3 Å². The molecule has 9 heteroatoms. The van der Waals surface area contributed by atoms with E-state index < -0.39 is 39.4 Å². The smallest absolute Gasteiger partial charge is 0.410 e. The number of carbonyl (C=O) groups excluding carboxylic acids is 2. The molecule has 40 heavy (non-hydrogen) atoms. The molecular formula is C31H50N2O6S. The molecule has 1 saturated heterocycles. The molecule has 1 heterocycles. The fraction of sp³-hybridized carbons (Fsp3) is 0.742. The third-order valence-corrected chi connectivity index (χ3v) is 9.42. The largest absolute Gasteiger partial charge is 0.598 e. The van der Waals surface area contributed by atoms with Crippen LogP contribution in [0.3, 0.4) is 0 Å². The van der Waals surface area contributed by atoms with Gasteiger partial charge in [-0.1, -0.05) is 30.3 Å². The molecule has 1 N–H and O–H groups in total. The first-order chi connectivity index (χ1) is 18.7. The number of hydrogen-bond acceptors (Lipinski definition) is 7. The fourth-order valence-corrected chi connectivity index (χ4v) is 6.64. The van der Waals surface area contributed by atoms with Gasteiger partial charge < -0.3 is 23.7 Å². The van der Waals surface area contributed by atoms with Crippen LogP contribution in [0.1, 0.15) is 105 Å². The molecule has 2 aliphatic rings. The number of nitrogens with zero attached hydrogens (tertiary/aromatic N) is 1. The van der Waals surface area contributed by atoms with Gasteiger partial charge in [-0.15, -0.1) is 4.72 Å². The molecule has 2 unspecified atom stereocenters. The molecule has 0 spiro atoms. The van der Waals surface area contributed by atoms with Gasteiger partial charge in [-0.25, -0.2) is 4.79 Å². The van der Waals surface area contributed by atoms with Gasteiger partial charge in [0, 0.05) is 17.9 Å². The second kappa shape index (κ2) is 13.9. The van der Waals surface area contributed by atoms with Crippen LogP contribution in [0.5, 0.6) is 0 Å². The van der Waals surface area contributed by atoms with Gasteiger partial charge in [0.15, 0.2) is 0 Å². The summed E-state index contributed by atoms with van der Waals surface area (Å²) < 4.78 is 33.9. The van der Waals surface area contributed by atoms with Gasteiger partial charge in [-0.05, 0) is 98.5 Å². The third kappa shape index (κ3) is 9.10. The molecule has 1 saturated carbocycles. The number of likely N-dealkylation sites (tertiary alicyclic amines) is 1. The number of nitrogens with one attached hydrogen (secondary N) is 1. The molecule has 1 amide bonds. The number of amides is 1. The minimum absolute atomic E-state index is 0.0171. The standard InChI is InChI=1S/C31H50N2O6S/c1-8-37-27(34)21-31(32-40(36)30(5,6)7)19-12-20-33(28(35)39-29(2,3)4)26(31)22-38-25-17-15-24(16-18-25)23-13-10-9-11-14-23/h9-11,13-14,24-26,32H,8,12,15-22H2,1-7H3/t24-,25+,26?,31?,40-/m1/s1. The average Bonchev–Trinajstić information content (AvgIpc) is 2.87. The molecule has 1 aliphatic carbocycles. The lowest BCUT2D eigenvalue weighted by Gasteiger charge is -2.50. The maximum Gasteiger partial charge on any atom is 0.410 e. The first kappa shape index (κ1) is 32.7. The van der Waals surface area contributed by atoms with Gasteiger partial charge >= 0.3 is 12.1 Å². The predicted molar refractivity (Wildman–Crippen MR) is 158 cm³/mol. The van der Waals surface area contributed by atoms with Crippen LogP contribution in [0, 0.1) is 0 Å². The minimum atomic E-state index is -1.49. The second-order valence-corrected chi connectivity index (χ2v) is 15.1. The average molecular weight is 579 g/mol. The monoisotopic (exact) mass is 578 g/mol. The molecular weight excluding hydrogens is 528 g/mol. The van der Waals surface area contributed by atoms with E-state index in [-0.39, 0.29) is 31.7 Å². The summed E-state index contributed by atoms with van der Waals surface area (Å²) in [6.45, 7) is 13.9. The summed E-state index contributed by atoms with van der Waals surface area (Å²) in [6, 6.07) is 10.0. The Morgan fingerprint density at radius 1 is 1.07 bits per heavy atom. The number of esters is 1. The number of carbonyl (C=O) groups is 2.